The summed E-state index contributed by atoms with van der Waals surface area (Å²) in [4.78, 5) is 12.0. The first kappa shape index (κ1) is 20.0. The zero-order valence-corrected chi connectivity index (χ0v) is 18.3. The van der Waals surface area contributed by atoms with E-state index in [4.69, 9.17) is 4.74 Å². The van der Waals surface area contributed by atoms with Crippen LogP contribution in [0.1, 0.15) is 62.0 Å². The summed E-state index contributed by atoms with van der Waals surface area (Å²) in [6, 6.07) is 13.2. The molecule has 1 aliphatic rings. The number of benzene rings is 2. The summed E-state index contributed by atoms with van der Waals surface area (Å²) in [7, 11) is 0. The second-order valence-corrected chi connectivity index (χ2v) is 10.9. The van der Waals surface area contributed by atoms with Crippen LogP contribution in [0, 0.1) is 0 Å². The maximum atomic E-state index is 12.0. The van der Waals surface area contributed by atoms with Gasteiger partial charge in [-0.2, -0.15) is 0 Å². The maximum absolute atomic E-state index is 12.0. The molecule has 0 heterocycles. The average molecular weight is 431 g/mol. The van der Waals surface area contributed by atoms with Crippen LogP contribution < -0.4 is 4.46 Å². The molecule has 0 bridgehead atoms. The SMILES string of the molecule is CC1(C)CCC(C)(C)c2cc([Se]CCOC(=O)c3ccccc3)c(O)cc21. The molecule has 0 fully saturated rings. The van der Waals surface area contributed by atoms with Gasteiger partial charge in [-0.05, 0) is 0 Å². The minimum atomic E-state index is -0.288. The zero-order chi connectivity index (χ0) is 19.7. The van der Waals surface area contributed by atoms with Crippen molar-refractivity contribution in [1.29, 1.82) is 0 Å². The van der Waals surface area contributed by atoms with Gasteiger partial charge in [0.25, 0.3) is 0 Å². The molecule has 0 saturated heterocycles. The molecule has 4 heteroatoms. The normalized spacial score (nSPS) is 17.2. The number of rotatable bonds is 5. The van der Waals surface area contributed by atoms with Crippen LogP contribution in [-0.4, -0.2) is 32.6 Å². The molecule has 0 aliphatic heterocycles. The van der Waals surface area contributed by atoms with Gasteiger partial charge in [-0.25, -0.2) is 0 Å². The Bertz CT molecular complexity index is 825. The molecule has 1 aliphatic carbocycles. The molecule has 0 radical (unpaired) electrons. The first-order valence-corrected chi connectivity index (χ1v) is 11.5. The summed E-state index contributed by atoms with van der Waals surface area (Å²) in [6.07, 6.45) is 2.28. The molecule has 0 atom stereocenters. The van der Waals surface area contributed by atoms with Gasteiger partial charge in [0.05, 0.1) is 0 Å². The van der Waals surface area contributed by atoms with Crippen LogP contribution in [0.2, 0.25) is 5.32 Å². The number of hydrogen-bond acceptors (Lipinski definition) is 3. The van der Waals surface area contributed by atoms with Crippen molar-refractivity contribution in [2.24, 2.45) is 0 Å². The van der Waals surface area contributed by atoms with Gasteiger partial charge in [-0.1, -0.05) is 0 Å². The Kier molecular flexibility index (Phi) is 5.69. The monoisotopic (exact) mass is 432 g/mol. The average Bonchev–Trinajstić information content (AvgIpc) is 2.64. The number of ether oxygens (including phenoxy) is 1. The van der Waals surface area contributed by atoms with Crippen LogP contribution in [-0.2, 0) is 15.6 Å². The first-order valence-electron chi connectivity index (χ1n) is 9.44. The van der Waals surface area contributed by atoms with Crippen LogP contribution >= 0.6 is 0 Å². The molecule has 3 nitrogen and oxygen atoms in total. The third kappa shape index (κ3) is 4.39. The Morgan fingerprint density at radius 3 is 2.26 bits per heavy atom. The zero-order valence-electron chi connectivity index (χ0n) is 16.5. The number of esters is 1. The Hall–Kier alpha value is -1.77. The molecular weight excluding hydrogens is 403 g/mol. The van der Waals surface area contributed by atoms with Crippen LogP contribution in [0.4, 0.5) is 0 Å². The van der Waals surface area contributed by atoms with E-state index < -0.39 is 0 Å². The number of phenols is 1. The molecule has 2 aromatic rings. The van der Waals surface area contributed by atoms with Gasteiger partial charge in [-0.15, -0.1) is 0 Å². The predicted molar refractivity (Wildman–Crippen MR) is 110 cm³/mol. The third-order valence-electron chi connectivity index (χ3n) is 5.52. The molecule has 0 aromatic heterocycles. The van der Waals surface area contributed by atoms with E-state index in [-0.39, 0.29) is 31.8 Å². The number of carbonyl (C=O) groups excluding carboxylic acids is 1. The summed E-state index contributed by atoms with van der Waals surface area (Å²) < 4.78 is 6.37. The fourth-order valence-corrected chi connectivity index (χ4v) is 5.31. The van der Waals surface area contributed by atoms with Crippen LogP contribution in [0.5, 0.6) is 5.75 Å². The van der Waals surface area contributed by atoms with Crippen molar-refractivity contribution in [3.63, 3.8) is 0 Å². The topological polar surface area (TPSA) is 46.5 Å². The van der Waals surface area contributed by atoms with E-state index in [0.717, 1.165) is 22.6 Å². The van der Waals surface area contributed by atoms with E-state index in [1.165, 1.54) is 11.1 Å². The molecule has 0 unspecified atom stereocenters. The summed E-state index contributed by atoms with van der Waals surface area (Å²) in [5.74, 6) is 0.0952. The van der Waals surface area contributed by atoms with Crippen molar-refractivity contribution < 1.29 is 14.6 Å². The van der Waals surface area contributed by atoms with Gasteiger partial charge in [0.2, 0.25) is 0 Å². The van der Waals surface area contributed by atoms with Gasteiger partial charge >= 0.3 is 168 Å². The molecule has 0 amide bonds. The predicted octanol–water partition coefficient (Wildman–Crippen LogP) is 4.35. The second kappa shape index (κ2) is 7.69. The van der Waals surface area contributed by atoms with Crippen LogP contribution in [0.3, 0.4) is 0 Å². The van der Waals surface area contributed by atoms with Crippen LogP contribution in [0.15, 0.2) is 42.5 Å². The standard InChI is InChI=1S/C23H28O3Se/c1-22(2)10-11-23(3,4)18-15-20(19(24)14-17(18)22)27-13-12-26-21(25)16-8-6-5-7-9-16/h5-9,14-15,24H,10-13H2,1-4H3. The number of phenolic OH excluding ortho intramolecular Hbond substituents is 1. The fourth-order valence-electron chi connectivity index (χ4n) is 3.64. The molecule has 1 N–H and O–H groups in total. The second-order valence-electron chi connectivity index (χ2n) is 8.48. The number of fused-ring (bicyclic) bond motifs is 1. The van der Waals surface area contributed by atoms with Crippen molar-refractivity contribution in [3.8, 4) is 5.75 Å². The first-order chi connectivity index (χ1) is 12.7. The van der Waals surface area contributed by atoms with Gasteiger partial charge in [0, 0.05) is 0 Å². The van der Waals surface area contributed by atoms with Crippen LogP contribution in [0.25, 0.3) is 0 Å². The molecule has 2 aromatic carbocycles. The van der Waals surface area contributed by atoms with Crippen molar-refractivity contribution in [3.05, 3.63) is 59.2 Å². The Labute approximate surface area is 168 Å². The van der Waals surface area contributed by atoms with E-state index in [9.17, 15) is 9.90 Å². The molecule has 0 spiro atoms. The molecule has 27 heavy (non-hydrogen) atoms. The van der Waals surface area contributed by atoms with Gasteiger partial charge < -0.3 is 0 Å². The number of carbonyl (C=O) groups is 1. The minimum absolute atomic E-state index is 0.0632. The Morgan fingerprint density at radius 1 is 1.04 bits per heavy atom. The van der Waals surface area contributed by atoms with Crippen molar-refractivity contribution in [2.75, 3.05) is 6.61 Å². The van der Waals surface area contributed by atoms with E-state index >= 15 is 0 Å². The fraction of sp³-hybridized carbons (Fsp3) is 0.435. The summed E-state index contributed by atoms with van der Waals surface area (Å²) in [5.41, 5.74) is 3.43. The quantitative estimate of drug-likeness (QED) is 0.435. The number of hydrogen-bond donors (Lipinski definition) is 1. The summed E-state index contributed by atoms with van der Waals surface area (Å²) in [6.45, 7) is 9.47. The van der Waals surface area contributed by atoms with Gasteiger partial charge in [0.1, 0.15) is 0 Å². The Balaban J connectivity index is 1.67. The van der Waals surface area contributed by atoms with E-state index in [1.54, 1.807) is 12.1 Å². The van der Waals surface area contributed by atoms with E-state index in [2.05, 4.69) is 33.8 Å². The molecule has 3 rings (SSSR count). The van der Waals surface area contributed by atoms with E-state index in [1.807, 2.05) is 24.3 Å². The van der Waals surface area contributed by atoms with Gasteiger partial charge in [-0.3, -0.25) is 0 Å². The summed E-state index contributed by atoms with van der Waals surface area (Å²) >= 11 is 0.0632. The Morgan fingerprint density at radius 2 is 1.63 bits per heavy atom. The van der Waals surface area contributed by atoms with Crippen molar-refractivity contribution in [1.82, 2.24) is 0 Å². The molecular formula is C23H28O3Se. The van der Waals surface area contributed by atoms with Crippen molar-refractivity contribution in [2.45, 2.75) is 56.7 Å². The van der Waals surface area contributed by atoms with Crippen molar-refractivity contribution >= 4 is 25.4 Å². The van der Waals surface area contributed by atoms with E-state index in [0.29, 0.717) is 17.9 Å². The molecule has 0 saturated carbocycles. The summed E-state index contributed by atoms with van der Waals surface area (Å²) in [5, 5.41) is 11.3. The third-order valence-corrected chi connectivity index (χ3v) is 7.63. The molecule has 144 valence electrons. The number of aromatic hydroxyl groups is 1. The van der Waals surface area contributed by atoms with Gasteiger partial charge in [0.15, 0.2) is 0 Å².